The van der Waals surface area contributed by atoms with Crippen LogP contribution >= 0.6 is 11.8 Å². The number of nitrogens with zero attached hydrogens (tertiary/aromatic N) is 2. The highest BCUT2D eigenvalue weighted by atomic mass is 32.2. The molecule has 2 aromatic rings. The van der Waals surface area contributed by atoms with Crippen LogP contribution in [0.2, 0.25) is 0 Å². The third-order valence-electron chi connectivity index (χ3n) is 3.41. The Morgan fingerprint density at radius 2 is 1.96 bits per heavy atom. The molecule has 1 atom stereocenters. The second-order valence-corrected chi connectivity index (χ2v) is 6.29. The summed E-state index contributed by atoms with van der Waals surface area (Å²) >= 11 is 1.12. The quantitative estimate of drug-likeness (QED) is 0.444. The van der Waals surface area contributed by atoms with E-state index in [4.69, 9.17) is 4.74 Å². The Morgan fingerprint density at radius 3 is 2.62 bits per heavy atom. The van der Waals surface area contributed by atoms with Gasteiger partial charge in [0.2, 0.25) is 0 Å². The van der Waals surface area contributed by atoms with Crippen molar-refractivity contribution in [3.8, 4) is 0 Å². The lowest BCUT2D eigenvalue weighted by atomic mass is 10.2. The SMILES string of the molecule is COC(=O)CCn1c(S[C@H](C)C(=O)OC)nc2ccccc2c1=O. The van der Waals surface area contributed by atoms with Gasteiger partial charge in [0.1, 0.15) is 5.25 Å². The third kappa shape index (κ3) is 3.94. The standard InChI is InChI=1S/C16H18N2O5S/c1-10(15(21)23-3)24-16-17-12-7-5-4-6-11(12)14(20)18(16)9-8-13(19)22-2/h4-7,10H,8-9H2,1-3H3/t10-/m1/s1. The van der Waals surface area contributed by atoms with Crippen molar-refractivity contribution in [2.45, 2.75) is 30.3 Å². The Bertz CT molecular complexity index is 818. The lowest BCUT2D eigenvalue weighted by Gasteiger charge is -2.15. The zero-order chi connectivity index (χ0) is 17.7. The van der Waals surface area contributed by atoms with Gasteiger partial charge in [-0.2, -0.15) is 0 Å². The summed E-state index contributed by atoms with van der Waals surface area (Å²) in [6, 6.07) is 6.94. The zero-order valence-electron chi connectivity index (χ0n) is 13.6. The number of fused-ring (bicyclic) bond motifs is 1. The van der Waals surface area contributed by atoms with E-state index in [0.29, 0.717) is 16.1 Å². The molecule has 1 heterocycles. The average molecular weight is 350 g/mol. The summed E-state index contributed by atoms with van der Waals surface area (Å²) in [5, 5.41) is 0.283. The highest BCUT2D eigenvalue weighted by molar-refractivity contribution is 8.00. The molecule has 2 rings (SSSR count). The summed E-state index contributed by atoms with van der Waals surface area (Å²) in [5.74, 6) is -0.839. The minimum Gasteiger partial charge on any atom is -0.469 e. The number of benzene rings is 1. The molecule has 0 aliphatic rings. The van der Waals surface area contributed by atoms with E-state index in [0.717, 1.165) is 11.8 Å². The first-order valence-electron chi connectivity index (χ1n) is 7.28. The topological polar surface area (TPSA) is 87.5 Å². The van der Waals surface area contributed by atoms with Crippen molar-refractivity contribution in [1.82, 2.24) is 9.55 Å². The summed E-state index contributed by atoms with van der Waals surface area (Å²) in [7, 11) is 2.59. The summed E-state index contributed by atoms with van der Waals surface area (Å²) in [4.78, 5) is 40.2. The monoisotopic (exact) mass is 350 g/mol. The molecule has 8 heteroatoms. The molecule has 0 radical (unpaired) electrons. The van der Waals surface area contributed by atoms with Crippen LogP contribution in [0.1, 0.15) is 13.3 Å². The lowest BCUT2D eigenvalue weighted by Crippen LogP contribution is -2.26. The van der Waals surface area contributed by atoms with Crippen LogP contribution in [0, 0.1) is 0 Å². The van der Waals surface area contributed by atoms with E-state index in [-0.39, 0.29) is 18.5 Å². The van der Waals surface area contributed by atoms with Gasteiger partial charge in [-0.25, -0.2) is 4.98 Å². The summed E-state index contributed by atoms with van der Waals surface area (Å²) < 4.78 is 10.7. The number of esters is 2. The number of aromatic nitrogens is 2. The van der Waals surface area contributed by atoms with Crippen LogP contribution in [0.3, 0.4) is 0 Å². The van der Waals surface area contributed by atoms with Crippen LogP contribution in [-0.2, 0) is 25.6 Å². The predicted molar refractivity (Wildman–Crippen MR) is 90.0 cm³/mol. The molecule has 1 aromatic heterocycles. The largest absolute Gasteiger partial charge is 0.469 e. The van der Waals surface area contributed by atoms with E-state index in [1.165, 1.54) is 18.8 Å². The average Bonchev–Trinajstić information content (AvgIpc) is 2.60. The Balaban J connectivity index is 2.47. The van der Waals surface area contributed by atoms with Crippen molar-refractivity contribution in [3.05, 3.63) is 34.6 Å². The van der Waals surface area contributed by atoms with Crippen molar-refractivity contribution < 1.29 is 19.1 Å². The number of ether oxygens (including phenoxy) is 2. The van der Waals surface area contributed by atoms with Crippen molar-refractivity contribution >= 4 is 34.6 Å². The maximum Gasteiger partial charge on any atom is 0.318 e. The fourth-order valence-corrected chi connectivity index (χ4v) is 3.07. The Kier molecular flexibility index (Phi) is 5.97. The molecule has 7 nitrogen and oxygen atoms in total. The molecule has 0 amide bonds. The first-order valence-corrected chi connectivity index (χ1v) is 8.16. The maximum atomic E-state index is 12.7. The van der Waals surface area contributed by atoms with Gasteiger partial charge in [0, 0.05) is 6.54 Å². The Morgan fingerprint density at radius 1 is 1.25 bits per heavy atom. The molecular formula is C16H18N2O5S. The van der Waals surface area contributed by atoms with E-state index in [1.54, 1.807) is 31.2 Å². The van der Waals surface area contributed by atoms with Crippen molar-refractivity contribution in [2.24, 2.45) is 0 Å². The number of hydrogen-bond acceptors (Lipinski definition) is 7. The fourth-order valence-electron chi connectivity index (χ4n) is 2.11. The Hall–Kier alpha value is -2.35. The van der Waals surface area contributed by atoms with Crippen LogP contribution in [0.25, 0.3) is 10.9 Å². The van der Waals surface area contributed by atoms with Crippen LogP contribution in [-0.4, -0.2) is 41.0 Å². The number of thioether (sulfide) groups is 1. The number of para-hydroxylation sites is 1. The van der Waals surface area contributed by atoms with Crippen LogP contribution in [0.4, 0.5) is 0 Å². The molecule has 24 heavy (non-hydrogen) atoms. The molecule has 1 aromatic carbocycles. The zero-order valence-corrected chi connectivity index (χ0v) is 14.5. The third-order valence-corrected chi connectivity index (χ3v) is 4.48. The van der Waals surface area contributed by atoms with Crippen LogP contribution < -0.4 is 5.56 Å². The van der Waals surface area contributed by atoms with Gasteiger partial charge >= 0.3 is 11.9 Å². The number of methoxy groups -OCH3 is 2. The first-order chi connectivity index (χ1) is 11.5. The molecule has 0 fully saturated rings. The summed E-state index contributed by atoms with van der Waals surface area (Å²) in [5.41, 5.74) is 0.278. The van der Waals surface area contributed by atoms with Gasteiger partial charge in [0.25, 0.3) is 5.56 Å². The van der Waals surface area contributed by atoms with Gasteiger partial charge in [-0.3, -0.25) is 19.0 Å². The number of carbonyl (C=O) groups excluding carboxylic acids is 2. The van der Waals surface area contributed by atoms with Crippen molar-refractivity contribution in [2.75, 3.05) is 14.2 Å². The van der Waals surface area contributed by atoms with Crippen LogP contribution in [0.5, 0.6) is 0 Å². The van der Waals surface area contributed by atoms with E-state index in [9.17, 15) is 14.4 Å². The van der Waals surface area contributed by atoms with Gasteiger partial charge in [-0.1, -0.05) is 23.9 Å². The second kappa shape index (κ2) is 7.96. The summed E-state index contributed by atoms with van der Waals surface area (Å²) in [6.45, 7) is 1.79. The number of carbonyl (C=O) groups is 2. The number of hydrogen-bond donors (Lipinski definition) is 0. The van der Waals surface area contributed by atoms with Crippen LogP contribution in [0.15, 0.2) is 34.2 Å². The molecule has 0 bridgehead atoms. The molecule has 0 unspecified atom stereocenters. The molecule has 0 aliphatic heterocycles. The minimum absolute atomic E-state index is 0.0383. The van der Waals surface area contributed by atoms with E-state index in [1.807, 2.05) is 0 Å². The van der Waals surface area contributed by atoms with Gasteiger partial charge in [-0.05, 0) is 19.1 Å². The molecule has 0 N–H and O–H groups in total. The minimum atomic E-state index is -0.535. The van der Waals surface area contributed by atoms with Gasteiger partial charge in [0.15, 0.2) is 5.16 Å². The smallest absolute Gasteiger partial charge is 0.318 e. The fraction of sp³-hybridized carbons (Fsp3) is 0.375. The molecule has 0 aliphatic carbocycles. The van der Waals surface area contributed by atoms with Gasteiger partial charge in [0.05, 0.1) is 31.5 Å². The maximum absolute atomic E-state index is 12.7. The molecule has 128 valence electrons. The highest BCUT2D eigenvalue weighted by Crippen LogP contribution is 2.23. The molecule has 0 saturated heterocycles. The number of rotatable bonds is 6. The predicted octanol–water partition coefficient (Wildman–Crippen LogP) is 1.61. The molecule has 0 saturated carbocycles. The molecule has 0 spiro atoms. The van der Waals surface area contributed by atoms with Crippen molar-refractivity contribution in [3.63, 3.8) is 0 Å². The van der Waals surface area contributed by atoms with E-state index in [2.05, 4.69) is 9.72 Å². The first kappa shape index (κ1) is 18.0. The summed E-state index contributed by atoms with van der Waals surface area (Å²) in [6.07, 6.45) is 0.0383. The van der Waals surface area contributed by atoms with Gasteiger partial charge < -0.3 is 9.47 Å². The van der Waals surface area contributed by atoms with E-state index < -0.39 is 17.2 Å². The van der Waals surface area contributed by atoms with Gasteiger partial charge in [-0.15, -0.1) is 0 Å². The van der Waals surface area contributed by atoms with E-state index >= 15 is 0 Å². The lowest BCUT2D eigenvalue weighted by molar-refractivity contribution is -0.141. The molecular weight excluding hydrogens is 332 g/mol. The Labute approximate surface area is 143 Å². The van der Waals surface area contributed by atoms with Crippen molar-refractivity contribution in [1.29, 1.82) is 0 Å². The normalized spacial score (nSPS) is 12.0. The highest BCUT2D eigenvalue weighted by Gasteiger charge is 2.20. The second-order valence-electron chi connectivity index (χ2n) is 4.98.